The molecule has 1 saturated carbocycles. The number of anilines is 1. The Kier molecular flexibility index (Phi) is 1.43. The molecule has 0 atom stereocenters. The zero-order valence-corrected chi connectivity index (χ0v) is 8.49. The molecule has 0 radical (unpaired) electrons. The van der Waals surface area contributed by atoms with Crippen molar-refractivity contribution >= 4 is 17.5 Å². The van der Waals surface area contributed by atoms with Crippen LogP contribution in [-0.2, 0) is 15.0 Å². The van der Waals surface area contributed by atoms with E-state index in [1.807, 2.05) is 24.3 Å². The molecule has 0 saturated heterocycles. The lowest BCUT2D eigenvalue weighted by molar-refractivity contribution is -0.126. The smallest absolute Gasteiger partial charge is 0.244 e. The van der Waals surface area contributed by atoms with E-state index in [-0.39, 0.29) is 17.2 Å². The zero-order valence-electron chi connectivity index (χ0n) is 8.49. The van der Waals surface area contributed by atoms with Crippen molar-refractivity contribution in [2.75, 3.05) is 4.90 Å². The topological polar surface area (TPSA) is 37.4 Å². The molecule has 1 heterocycles. The van der Waals surface area contributed by atoms with Crippen molar-refractivity contribution in [3.63, 3.8) is 0 Å². The molecule has 0 aromatic heterocycles. The van der Waals surface area contributed by atoms with Crippen molar-refractivity contribution < 1.29 is 9.59 Å². The van der Waals surface area contributed by atoms with Crippen LogP contribution in [0.25, 0.3) is 0 Å². The summed E-state index contributed by atoms with van der Waals surface area (Å²) >= 11 is 0. The van der Waals surface area contributed by atoms with E-state index in [0.717, 1.165) is 24.1 Å². The SMILES string of the molecule is CC(=O)N1C(=O)C2(CC2)c2ccccc21. The number of rotatable bonds is 0. The Bertz CT molecular complexity index is 474. The van der Waals surface area contributed by atoms with Crippen LogP contribution < -0.4 is 4.90 Å². The van der Waals surface area contributed by atoms with Gasteiger partial charge in [0, 0.05) is 6.92 Å². The van der Waals surface area contributed by atoms with Crippen molar-refractivity contribution in [1.82, 2.24) is 0 Å². The van der Waals surface area contributed by atoms with Gasteiger partial charge in [-0.3, -0.25) is 9.59 Å². The van der Waals surface area contributed by atoms with E-state index < -0.39 is 0 Å². The molecule has 1 spiro atoms. The summed E-state index contributed by atoms with van der Waals surface area (Å²) in [6, 6.07) is 7.60. The maximum atomic E-state index is 12.1. The monoisotopic (exact) mass is 201 g/mol. The van der Waals surface area contributed by atoms with Crippen LogP contribution in [0.4, 0.5) is 5.69 Å². The van der Waals surface area contributed by atoms with E-state index in [0.29, 0.717) is 0 Å². The summed E-state index contributed by atoms with van der Waals surface area (Å²) in [5.41, 5.74) is 1.47. The largest absolute Gasteiger partial charge is 0.274 e. The molecule has 1 aliphatic heterocycles. The van der Waals surface area contributed by atoms with Gasteiger partial charge >= 0.3 is 0 Å². The Morgan fingerprint density at radius 1 is 1.33 bits per heavy atom. The second-order valence-corrected chi connectivity index (χ2v) is 4.26. The summed E-state index contributed by atoms with van der Waals surface area (Å²) in [4.78, 5) is 24.9. The first-order chi connectivity index (χ1) is 7.17. The van der Waals surface area contributed by atoms with Crippen LogP contribution in [0, 0.1) is 0 Å². The number of carbonyl (C=O) groups excluding carboxylic acids is 2. The summed E-state index contributed by atoms with van der Waals surface area (Å²) in [6.45, 7) is 1.44. The third-order valence-electron chi connectivity index (χ3n) is 3.34. The molecule has 76 valence electrons. The van der Waals surface area contributed by atoms with Gasteiger partial charge in [-0.05, 0) is 24.5 Å². The van der Waals surface area contributed by atoms with E-state index in [2.05, 4.69) is 0 Å². The van der Waals surface area contributed by atoms with Crippen molar-refractivity contribution in [1.29, 1.82) is 0 Å². The molecule has 0 unspecified atom stereocenters. The molecule has 3 rings (SSSR count). The molecule has 1 fully saturated rings. The van der Waals surface area contributed by atoms with Crippen molar-refractivity contribution in [3.8, 4) is 0 Å². The standard InChI is InChI=1S/C12H11NO2/c1-8(14)13-10-5-3-2-4-9(10)12(6-7-12)11(13)15/h2-5H,6-7H2,1H3. The van der Waals surface area contributed by atoms with Crippen LogP contribution in [0.2, 0.25) is 0 Å². The highest BCUT2D eigenvalue weighted by atomic mass is 16.2. The fourth-order valence-corrected chi connectivity index (χ4v) is 2.43. The number of amides is 2. The van der Waals surface area contributed by atoms with Crippen LogP contribution >= 0.6 is 0 Å². The number of para-hydroxylation sites is 1. The lowest BCUT2D eigenvalue weighted by atomic mass is 9.98. The number of imide groups is 1. The molecule has 15 heavy (non-hydrogen) atoms. The van der Waals surface area contributed by atoms with Gasteiger partial charge in [0.15, 0.2) is 0 Å². The maximum absolute atomic E-state index is 12.1. The van der Waals surface area contributed by atoms with Gasteiger partial charge in [-0.1, -0.05) is 18.2 Å². The Morgan fingerprint density at radius 3 is 2.60 bits per heavy atom. The molecule has 1 aromatic carbocycles. The molecule has 2 aliphatic rings. The maximum Gasteiger partial charge on any atom is 0.244 e. The minimum Gasteiger partial charge on any atom is -0.274 e. The highest BCUT2D eigenvalue weighted by Crippen LogP contribution is 2.57. The molecular weight excluding hydrogens is 190 g/mol. The fourth-order valence-electron chi connectivity index (χ4n) is 2.43. The lowest BCUT2D eigenvalue weighted by Crippen LogP contribution is -2.35. The molecule has 3 nitrogen and oxygen atoms in total. The quantitative estimate of drug-likeness (QED) is 0.639. The average molecular weight is 201 g/mol. The Hall–Kier alpha value is -1.64. The zero-order chi connectivity index (χ0) is 10.6. The van der Waals surface area contributed by atoms with Crippen LogP contribution in [0.5, 0.6) is 0 Å². The van der Waals surface area contributed by atoms with Gasteiger partial charge in [0.05, 0.1) is 11.1 Å². The molecule has 1 aromatic rings. The minimum atomic E-state index is -0.345. The average Bonchev–Trinajstić information content (AvgIpc) is 2.94. The first kappa shape index (κ1) is 8.65. The van der Waals surface area contributed by atoms with Gasteiger partial charge in [-0.2, -0.15) is 0 Å². The Morgan fingerprint density at radius 2 is 2.00 bits per heavy atom. The number of hydrogen-bond donors (Lipinski definition) is 0. The number of nitrogens with zero attached hydrogens (tertiary/aromatic N) is 1. The number of benzene rings is 1. The normalized spacial score (nSPS) is 20.6. The van der Waals surface area contributed by atoms with E-state index in [9.17, 15) is 9.59 Å². The van der Waals surface area contributed by atoms with Crippen LogP contribution in [0.3, 0.4) is 0 Å². The van der Waals surface area contributed by atoms with Gasteiger partial charge in [0.1, 0.15) is 0 Å². The summed E-state index contributed by atoms with van der Waals surface area (Å²) in [6.07, 6.45) is 1.76. The second kappa shape index (κ2) is 2.48. The van der Waals surface area contributed by atoms with Crippen molar-refractivity contribution in [3.05, 3.63) is 29.8 Å². The predicted octanol–water partition coefficient (Wildman–Crippen LogP) is 1.61. The summed E-state index contributed by atoms with van der Waals surface area (Å²) < 4.78 is 0. The second-order valence-electron chi connectivity index (χ2n) is 4.26. The number of hydrogen-bond acceptors (Lipinski definition) is 2. The van der Waals surface area contributed by atoms with Crippen LogP contribution in [0.15, 0.2) is 24.3 Å². The number of carbonyl (C=O) groups is 2. The summed E-state index contributed by atoms with van der Waals surface area (Å²) in [5, 5.41) is 0. The van der Waals surface area contributed by atoms with Crippen LogP contribution in [-0.4, -0.2) is 11.8 Å². The highest BCUT2D eigenvalue weighted by molar-refractivity contribution is 6.23. The lowest BCUT2D eigenvalue weighted by Gasteiger charge is -2.12. The van der Waals surface area contributed by atoms with Crippen molar-refractivity contribution in [2.24, 2.45) is 0 Å². The van der Waals surface area contributed by atoms with E-state index in [1.165, 1.54) is 11.8 Å². The molecule has 0 N–H and O–H groups in total. The molecule has 1 aliphatic carbocycles. The van der Waals surface area contributed by atoms with Gasteiger partial charge in [0.2, 0.25) is 11.8 Å². The predicted molar refractivity (Wildman–Crippen MR) is 55.5 cm³/mol. The third-order valence-corrected chi connectivity index (χ3v) is 3.34. The van der Waals surface area contributed by atoms with Gasteiger partial charge in [0.25, 0.3) is 0 Å². The summed E-state index contributed by atoms with van der Waals surface area (Å²) in [7, 11) is 0. The first-order valence-corrected chi connectivity index (χ1v) is 5.11. The van der Waals surface area contributed by atoms with E-state index >= 15 is 0 Å². The fraction of sp³-hybridized carbons (Fsp3) is 0.333. The molecular formula is C12H11NO2. The Balaban J connectivity index is 2.24. The minimum absolute atomic E-state index is 0.0313. The van der Waals surface area contributed by atoms with Crippen LogP contribution in [0.1, 0.15) is 25.3 Å². The van der Waals surface area contributed by atoms with E-state index in [1.54, 1.807) is 0 Å². The van der Waals surface area contributed by atoms with Gasteiger partial charge in [-0.25, -0.2) is 4.90 Å². The van der Waals surface area contributed by atoms with Gasteiger partial charge < -0.3 is 0 Å². The molecule has 2 amide bonds. The Labute approximate surface area is 87.7 Å². The molecule has 3 heteroatoms. The van der Waals surface area contributed by atoms with E-state index in [4.69, 9.17) is 0 Å². The number of fused-ring (bicyclic) bond motifs is 2. The first-order valence-electron chi connectivity index (χ1n) is 5.11. The molecule has 0 bridgehead atoms. The highest BCUT2D eigenvalue weighted by Gasteiger charge is 2.59. The van der Waals surface area contributed by atoms with Crippen molar-refractivity contribution in [2.45, 2.75) is 25.2 Å². The third kappa shape index (κ3) is 0.902. The summed E-state index contributed by atoms with van der Waals surface area (Å²) in [5.74, 6) is -0.215. The van der Waals surface area contributed by atoms with Gasteiger partial charge in [-0.15, -0.1) is 0 Å².